The minimum atomic E-state index is -0.182. The number of H-pyrrole nitrogens is 1. The van der Waals surface area contributed by atoms with Gasteiger partial charge in [0.05, 0.1) is 22.9 Å². The SMILES string of the molecule is Cc1nc(C)c(CNC(=O)NCc2ccc(-c3ccn[nH]3)cc2)s1. The van der Waals surface area contributed by atoms with Gasteiger partial charge in [-0.3, -0.25) is 5.10 Å². The van der Waals surface area contributed by atoms with Crippen LogP contribution >= 0.6 is 11.3 Å². The van der Waals surface area contributed by atoms with Crippen LogP contribution in [0, 0.1) is 13.8 Å². The maximum absolute atomic E-state index is 11.9. The first-order valence-corrected chi connectivity index (χ1v) is 8.47. The molecule has 0 bridgehead atoms. The molecule has 3 aromatic rings. The van der Waals surface area contributed by atoms with Gasteiger partial charge in [-0.2, -0.15) is 5.10 Å². The number of nitrogens with zero attached hydrogens (tertiary/aromatic N) is 2. The van der Waals surface area contributed by atoms with Crippen LogP contribution in [0.15, 0.2) is 36.5 Å². The summed E-state index contributed by atoms with van der Waals surface area (Å²) in [5.41, 5.74) is 4.06. The lowest BCUT2D eigenvalue weighted by atomic mass is 10.1. The zero-order valence-electron chi connectivity index (χ0n) is 13.6. The van der Waals surface area contributed by atoms with E-state index in [1.54, 1.807) is 17.5 Å². The summed E-state index contributed by atoms with van der Waals surface area (Å²) in [5.74, 6) is 0. The molecule has 6 nitrogen and oxygen atoms in total. The lowest BCUT2D eigenvalue weighted by Crippen LogP contribution is -2.34. The fourth-order valence-electron chi connectivity index (χ4n) is 2.36. The largest absolute Gasteiger partial charge is 0.334 e. The fraction of sp³-hybridized carbons (Fsp3) is 0.235. The number of aryl methyl sites for hydroxylation is 2. The minimum Gasteiger partial charge on any atom is -0.334 e. The van der Waals surface area contributed by atoms with Crippen molar-refractivity contribution >= 4 is 17.4 Å². The first-order chi connectivity index (χ1) is 11.6. The number of aromatic nitrogens is 3. The van der Waals surface area contributed by atoms with Gasteiger partial charge in [-0.1, -0.05) is 24.3 Å². The number of amides is 2. The van der Waals surface area contributed by atoms with Gasteiger partial charge in [0.15, 0.2) is 0 Å². The molecule has 0 atom stereocenters. The smallest absolute Gasteiger partial charge is 0.315 e. The van der Waals surface area contributed by atoms with Crippen LogP contribution in [0.25, 0.3) is 11.3 Å². The van der Waals surface area contributed by atoms with Crippen LogP contribution in [-0.4, -0.2) is 21.2 Å². The third-order valence-corrected chi connectivity index (χ3v) is 4.70. The Bertz CT molecular complexity index is 808. The Labute approximate surface area is 144 Å². The first kappa shape index (κ1) is 16.2. The molecule has 1 aromatic carbocycles. The Balaban J connectivity index is 1.48. The van der Waals surface area contributed by atoms with E-state index in [4.69, 9.17) is 0 Å². The second-order valence-electron chi connectivity index (χ2n) is 5.44. The van der Waals surface area contributed by atoms with E-state index in [2.05, 4.69) is 25.8 Å². The van der Waals surface area contributed by atoms with Crippen LogP contribution in [0.2, 0.25) is 0 Å². The van der Waals surface area contributed by atoms with E-state index in [9.17, 15) is 4.79 Å². The van der Waals surface area contributed by atoms with Crippen molar-refractivity contribution in [3.8, 4) is 11.3 Å². The van der Waals surface area contributed by atoms with Gasteiger partial charge in [0, 0.05) is 17.6 Å². The Hall–Kier alpha value is -2.67. The molecule has 0 unspecified atom stereocenters. The van der Waals surface area contributed by atoms with Crippen LogP contribution in [0.3, 0.4) is 0 Å². The van der Waals surface area contributed by atoms with Gasteiger partial charge in [0.2, 0.25) is 0 Å². The maximum Gasteiger partial charge on any atom is 0.315 e. The van der Waals surface area contributed by atoms with E-state index in [1.807, 2.05) is 44.2 Å². The average Bonchev–Trinajstić information content (AvgIpc) is 3.21. The van der Waals surface area contributed by atoms with Crippen LogP contribution < -0.4 is 10.6 Å². The average molecular weight is 341 g/mol. The Morgan fingerprint density at radius 3 is 2.50 bits per heavy atom. The number of rotatable bonds is 5. The van der Waals surface area contributed by atoms with E-state index < -0.39 is 0 Å². The van der Waals surface area contributed by atoms with Crippen molar-refractivity contribution in [2.24, 2.45) is 0 Å². The summed E-state index contributed by atoms with van der Waals surface area (Å²) in [6.45, 7) is 4.91. The molecule has 0 aliphatic carbocycles. The van der Waals surface area contributed by atoms with Gasteiger partial charge in [-0.15, -0.1) is 11.3 Å². The maximum atomic E-state index is 11.9. The van der Waals surface area contributed by atoms with E-state index in [0.717, 1.165) is 32.4 Å². The van der Waals surface area contributed by atoms with Gasteiger partial charge in [-0.05, 0) is 31.0 Å². The predicted octanol–water partition coefficient (Wildman–Crippen LogP) is 3.15. The molecule has 24 heavy (non-hydrogen) atoms. The highest BCUT2D eigenvalue weighted by molar-refractivity contribution is 7.11. The highest BCUT2D eigenvalue weighted by atomic mass is 32.1. The summed E-state index contributed by atoms with van der Waals surface area (Å²) in [6, 6.07) is 9.74. The van der Waals surface area contributed by atoms with E-state index in [-0.39, 0.29) is 6.03 Å². The Morgan fingerprint density at radius 1 is 1.12 bits per heavy atom. The number of urea groups is 1. The molecule has 2 aromatic heterocycles. The van der Waals surface area contributed by atoms with Crippen LogP contribution in [-0.2, 0) is 13.1 Å². The zero-order valence-corrected chi connectivity index (χ0v) is 14.4. The van der Waals surface area contributed by atoms with Crippen molar-refractivity contribution in [1.29, 1.82) is 0 Å². The number of hydrogen-bond acceptors (Lipinski definition) is 4. The lowest BCUT2D eigenvalue weighted by Gasteiger charge is -2.08. The zero-order chi connectivity index (χ0) is 16.9. The number of carbonyl (C=O) groups excluding carboxylic acids is 1. The van der Waals surface area contributed by atoms with Gasteiger partial charge in [-0.25, -0.2) is 9.78 Å². The number of carbonyl (C=O) groups is 1. The molecule has 0 aliphatic heterocycles. The second-order valence-corrected chi connectivity index (χ2v) is 6.73. The van der Waals surface area contributed by atoms with Crippen LogP contribution in [0.1, 0.15) is 21.1 Å². The summed E-state index contributed by atoms with van der Waals surface area (Å²) < 4.78 is 0. The van der Waals surface area contributed by atoms with E-state index in [0.29, 0.717) is 13.1 Å². The summed E-state index contributed by atoms with van der Waals surface area (Å²) in [6.07, 6.45) is 1.72. The van der Waals surface area contributed by atoms with Crippen molar-refractivity contribution in [2.75, 3.05) is 0 Å². The summed E-state index contributed by atoms with van der Waals surface area (Å²) in [5, 5.41) is 13.6. The molecule has 0 fully saturated rings. The molecule has 0 saturated carbocycles. The number of aromatic amines is 1. The fourth-order valence-corrected chi connectivity index (χ4v) is 3.24. The van der Waals surface area contributed by atoms with Gasteiger partial charge < -0.3 is 10.6 Å². The molecular formula is C17H19N5OS. The standard InChI is InChI=1S/C17H19N5OS/c1-11-16(24-12(2)21-11)10-19-17(23)18-9-13-3-5-14(6-4-13)15-7-8-20-22-15/h3-8H,9-10H2,1-2H3,(H,20,22)(H2,18,19,23). The molecule has 3 N–H and O–H groups in total. The lowest BCUT2D eigenvalue weighted by molar-refractivity contribution is 0.240. The Morgan fingerprint density at radius 2 is 1.88 bits per heavy atom. The summed E-state index contributed by atoms with van der Waals surface area (Å²) in [4.78, 5) is 17.4. The second kappa shape index (κ2) is 7.27. The third-order valence-electron chi connectivity index (χ3n) is 3.63. The minimum absolute atomic E-state index is 0.182. The third kappa shape index (κ3) is 3.99. The van der Waals surface area contributed by atoms with E-state index >= 15 is 0 Å². The molecule has 0 saturated heterocycles. The van der Waals surface area contributed by atoms with Gasteiger partial charge in [0.1, 0.15) is 0 Å². The van der Waals surface area contributed by atoms with Crippen molar-refractivity contribution in [3.63, 3.8) is 0 Å². The van der Waals surface area contributed by atoms with Gasteiger partial charge in [0.25, 0.3) is 0 Å². The number of nitrogens with one attached hydrogen (secondary N) is 3. The highest BCUT2D eigenvalue weighted by Gasteiger charge is 2.07. The van der Waals surface area contributed by atoms with Crippen LogP contribution in [0.5, 0.6) is 0 Å². The normalized spacial score (nSPS) is 10.6. The molecule has 2 amide bonds. The van der Waals surface area contributed by atoms with Crippen LogP contribution in [0.4, 0.5) is 4.79 Å². The molecule has 0 radical (unpaired) electrons. The molecule has 2 heterocycles. The van der Waals surface area contributed by atoms with Crippen molar-refractivity contribution in [3.05, 3.63) is 57.7 Å². The number of benzene rings is 1. The molecular weight excluding hydrogens is 322 g/mol. The molecule has 124 valence electrons. The molecule has 3 rings (SSSR count). The number of thiazole rings is 1. The van der Waals surface area contributed by atoms with Gasteiger partial charge >= 0.3 is 6.03 Å². The molecule has 0 aliphatic rings. The summed E-state index contributed by atoms with van der Waals surface area (Å²) >= 11 is 1.61. The van der Waals surface area contributed by atoms with Crippen molar-refractivity contribution in [1.82, 2.24) is 25.8 Å². The summed E-state index contributed by atoms with van der Waals surface area (Å²) in [7, 11) is 0. The number of hydrogen-bond donors (Lipinski definition) is 3. The quantitative estimate of drug-likeness (QED) is 0.667. The molecule has 0 spiro atoms. The molecule has 7 heteroatoms. The Kier molecular flexibility index (Phi) is 4.90. The monoisotopic (exact) mass is 341 g/mol. The highest BCUT2D eigenvalue weighted by Crippen LogP contribution is 2.17. The predicted molar refractivity (Wildman–Crippen MR) is 94.7 cm³/mol. The first-order valence-electron chi connectivity index (χ1n) is 7.65. The van der Waals surface area contributed by atoms with Crippen molar-refractivity contribution < 1.29 is 4.79 Å². The van der Waals surface area contributed by atoms with E-state index in [1.165, 1.54) is 0 Å². The topological polar surface area (TPSA) is 82.7 Å². The van der Waals surface area contributed by atoms with Crippen molar-refractivity contribution in [2.45, 2.75) is 26.9 Å².